The van der Waals surface area contributed by atoms with Gasteiger partial charge in [0, 0.05) is 30.9 Å². The van der Waals surface area contributed by atoms with Crippen molar-refractivity contribution in [2.45, 2.75) is 31.4 Å². The number of hydrogen-bond acceptors (Lipinski definition) is 4. The summed E-state index contributed by atoms with van der Waals surface area (Å²) in [6, 6.07) is 10.3. The Morgan fingerprint density at radius 3 is 2.59 bits per heavy atom. The first-order valence-electron chi connectivity index (χ1n) is 7.98. The number of hydrogen-bond donors (Lipinski definition) is 3. The molecule has 2 aromatic rings. The molecule has 0 amide bonds. The first-order valence-corrected chi connectivity index (χ1v) is 7.98. The lowest BCUT2D eigenvalue weighted by atomic mass is 10.0. The number of aliphatic hydroxyl groups is 1. The second kappa shape index (κ2) is 7.05. The molecule has 118 valence electrons. The maximum atomic E-state index is 9.53. The number of nitrogens with two attached hydrogens (primary N) is 1. The summed E-state index contributed by atoms with van der Waals surface area (Å²) in [7, 11) is 0. The van der Waals surface area contributed by atoms with Gasteiger partial charge in [-0.05, 0) is 37.4 Å². The highest BCUT2D eigenvalue weighted by atomic mass is 16.3. The van der Waals surface area contributed by atoms with E-state index in [9.17, 15) is 5.11 Å². The van der Waals surface area contributed by atoms with E-state index in [1.54, 1.807) is 0 Å². The summed E-state index contributed by atoms with van der Waals surface area (Å²) in [6.45, 7) is 2.95. The summed E-state index contributed by atoms with van der Waals surface area (Å²) in [6.07, 6.45) is 4.42. The molecule has 4 N–H and O–H groups in total. The van der Waals surface area contributed by atoms with Crippen LogP contribution in [0.15, 0.2) is 36.5 Å². The Balaban J connectivity index is 1.53. The van der Waals surface area contributed by atoms with Crippen molar-refractivity contribution in [1.82, 2.24) is 15.1 Å². The van der Waals surface area contributed by atoms with Gasteiger partial charge in [-0.2, -0.15) is 5.10 Å². The van der Waals surface area contributed by atoms with Gasteiger partial charge in [-0.25, -0.2) is 0 Å². The molecule has 1 aliphatic rings. The third-order valence-electron chi connectivity index (χ3n) is 4.45. The molecule has 1 atom stereocenters. The lowest BCUT2D eigenvalue weighted by Crippen LogP contribution is -2.37. The highest BCUT2D eigenvalue weighted by Gasteiger charge is 2.17. The predicted octanol–water partition coefficient (Wildman–Crippen LogP) is 1.92. The van der Waals surface area contributed by atoms with Gasteiger partial charge in [0.1, 0.15) is 0 Å². The number of rotatable bonds is 5. The molecule has 1 fully saturated rings. The van der Waals surface area contributed by atoms with Crippen LogP contribution in [0.25, 0.3) is 11.3 Å². The van der Waals surface area contributed by atoms with Gasteiger partial charge in [-0.1, -0.05) is 24.3 Å². The minimum atomic E-state index is -0.112. The van der Waals surface area contributed by atoms with E-state index < -0.39 is 0 Å². The molecule has 22 heavy (non-hydrogen) atoms. The van der Waals surface area contributed by atoms with Gasteiger partial charge in [0.2, 0.25) is 0 Å². The topological polar surface area (TPSA) is 78.2 Å². The smallest absolute Gasteiger partial charge is 0.0920 e. The Labute approximate surface area is 131 Å². The Morgan fingerprint density at radius 2 is 1.95 bits per heavy atom. The molecule has 5 heteroatoms. The average Bonchev–Trinajstić information content (AvgIpc) is 3.09. The van der Waals surface area contributed by atoms with Gasteiger partial charge in [-0.15, -0.1) is 0 Å². The SMILES string of the molecule is NC(CCN1CCC(O)CC1)c1ccc(-c2cc[nH]n2)cc1. The number of likely N-dealkylation sites (tertiary alicyclic amines) is 1. The van der Waals surface area contributed by atoms with Crippen LogP contribution < -0.4 is 5.73 Å². The summed E-state index contributed by atoms with van der Waals surface area (Å²) in [4.78, 5) is 2.39. The van der Waals surface area contributed by atoms with Crippen molar-refractivity contribution < 1.29 is 5.11 Å². The summed E-state index contributed by atoms with van der Waals surface area (Å²) in [5.41, 5.74) is 9.52. The van der Waals surface area contributed by atoms with Crippen LogP contribution in [0, 0.1) is 0 Å². The first kappa shape index (κ1) is 15.2. The van der Waals surface area contributed by atoms with Gasteiger partial charge in [0.15, 0.2) is 0 Å². The molecule has 0 aliphatic carbocycles. The lowest BCUT2D eigenvalue weighted by molar-refractivity contribution is 0.0812. The van der Waals surface area contributed by atoms with Crippen LogP contribution in [-0.4, -0.2) is 45.9 Å². The van der Waals surface area contributed by atoms with Crippen LogP contribution in [0.5, 0.6) is 0 Å². The molecule has 1 unspecified atom stereocenters. The van der Waals surface area contributed by atoms with E-state index in [-0.39, 0.29) is 12.1 Å². The maximum absolute atomic E-state index is 9.53. The summed E-state index contributed by atoms with van der Waals surface area (Å²) < 4.78 is 0. The largest absolute Gasteiger partial charge is 0.393 e. The Morgan fingerprint density at radius 1 is 1.23 bits per heavy atom. The maximum Gasteiger partial charge on any atom is 0.0920 e. The molecule has 3 rings (SSSR count). The van der Waals surface area contributed by atoms with E-state index in [4.69, 9.17) is 5.73 Å². The number of aliphatic hydroxyl groups excluding tert-OH is 1. The molecule has 1 aliphatic heterocycles. The van der Waals surface area contributed by atoms with E-state index in [1.807, 2.05) is 12.3 Å². The minimum Gasteiger partial charge on any atom is -0.393 e. The fourth-order valence-corrected chi connectivity index (χ4v) is 2.95. The van der Waals surface area contributed by atoms with Crippen LogP contribution in [0.1, 0.15) is 30.9 Å². The van der Waals surface area contributed by atoms with Crippen molar-refractivity contribution in [3.8, 4) is 11.3 Å². The monoisotopic (exact) mass is 300 g/mol. The normalized spacial score (nSPS) is 18.5. The van der Waals surface area contributed by atoms with Crippen molar-refractivity contribution >= 4 is 0 Å². The number of nitrogens with one attached hydrogen (secondary N) is 1. The Hall–Kier alpha value is -1.69. The quantitative estimate of drug-likeness (QED) is 0.788. The number of aromatic nitrogens is 2. The van der Waals surface area contributed by atoms with Crippen LogP contribution in [0.2, 0.25) is 0 Å². The Kier molecular flexibility index (Phi) is 4.87. The van der Waals surface area contributed by atoms with E-state index in [0.29, 0.717) is 0 Å². The van der Waals surface area contributed by atoms with Crippen molar-refractivity contribution in [3.63, 3.8) is 0 Å². The van der Waals surface area contributed by atoms with E-state index in [1.165, 1.54) is 0 Å². The number of piperidine rings is 1. The zero-order valence-corrected chi connectivity index (χ0v) is 12.8. The third kappa shape index (κ3) is 3.74. The number of benzene rings is 1. The van der Waals surface area contributed by atoms with Crippen LogP contribution in [0.3, 0.4) is 0 Å². The van der Waals surface area contributed by atoms with Gasteiger partial charge >= 0.3 is 0 Å². The van der Waals surface area contributed by atoms with E-state index >= 15 is 0 Å². The van der Waals surface area contributed by atoms with E-state index in [0.717, 1.165) is 55.7 Å². The highest BCUT2D eigenvalue weighted by Crippen LogP contribution is 2.21. The number of aromatic amines is 1. The highest BCUT2D eigenvalue weighted by molar-refractivity contribution is 5.58. The van der Waals surface area contributed by atoms with Gasteiger partial charge < -0.3 is 15.7 Å². The average molecular weight is 300 g/mol. The molecule has 1 aromatic heterocycles. The molecule has 0 saturated carbocycles. The minimum absolute atomic E-state index is 0.0556. The molecular weight excluding hydrogens is 276 g/mol. The van der Waals surface area contributed by atoms with Crippen molar-refractivity contribution in [2.75, 3.05) is 19.6 Å². The molecule has 2 heterocycles. The van der Waals surface area contributed by atoms with Gasteiger partial charge in [0.25, 0.3) is 0 Å². The van der Waals surface area contributed by atoms with Gasteiger partial charge in [0.05, 0.1) is 11.8 Å². The van der Waals surface area contributed by atoms with E-state index in [2.05, 4.69) is 39.4 Å². The molecule has 1 saturated heterocycles. The standard InChI is InChI=1S/C17H24N4O/c18-16(8-12-21-10-6-15(22)7-11-21)13-1-3-14(4-2-13)17-5-9-19-20-17/h1-5,9,15-16,22H,6-8,10-12,18H2,(H,19,20). The molecular formula is C17H24N4O. The molecule has 0 spiro atoms. The van der Waals surface area contributed by atoms with Crippen molar-refractivity contribution in [1.29, 1.82) is 0 Å². The second-order valence-corrected chi connectivity index (χ2v) is 6.05. The van der Waals surface area contributed by atoms with Crippen LogP contribution in [-0.2, 0) is 0 Å². The van der Waals surface area contributed by atoms with Crippen molar-refractivity contribution in [2.24, 2.45) is 5.73 Å². The summed E-state index contributed by atoms with van der Waals surface area (Å²) >= 11 is 0. The molecule has 1 aromatic carbocycles. The third-order valence-corrected chi connectivity index (χ3v) is 4.45. The zero-order valence-electron chi connectivity index (χ0n) is 12.8. The molecule has 0 radical (unpaired) electrons. The number of nitrogens with zero attached hydrogens (tertiary/aromatic N) is 2. The van der Waals surface area contributed by atoms with Crippen LogP contribution in [0.4, 0.5) is 0 Å². The summed E-state index contributed by atoms with van der Waals surface area (Å²) in [5.74, 6) is 0. The van der Waals surface area contributed by atoms with Gasteiger partial charge in [-0.3, -0.25) is 5.10 Å². The Bertz CT molecular complexity index is 559. The van der Waals surface area contributed by atoms with Crippen LogP contribution >= 0.6 is 0 Å². The predicted molar refractivity (Wildman–Crippen MR) is 87.2 cm³/mol. The fraction of sp³-hybridized carbons (Fsp3) is 0.471. The summed E-state index contributed by atoms with van der Waals surface area (Å²) in [5, 5.41) is 16.5. The number of H-pyrrole nitrogens is 1. The van der Waals surface area contributed by atoms with Crippen molar-refractivity contribution in [3.05, 3.63) is 42.1 Å². The molecule has 0 bridgehead atoms. The zero-order chi connectivity index (χ0) is 15.4. The first-order chi connectivity index (χ1) is 10.7. The lowest BCUT2D eigenvalue weighted by Gasteiger charge is -2.30. The fourth-order valence-electron chi connectivity index (χ4n) is 2.95. The molecule has 5 nitrogen and oxygen atoms in total. The second-order valence-electron chi connectivity index (χ2n) is 6.05.